The van der Waals surface area contributed by atoms with E-state index in [4.69, 9.17) is 0 Å². The van der Waals surface area contributed by atoms with Crippen LogP contribution in [-0.4, -0.2) is 21.3 Å². The van der Waals surface area contributed by atoms with Crippen LogP contribution in [0.5, 0.6) is 0 Å². The highest BCUT2D eigenvalue weighted by molar-refractivity contribution is 5.08. The van der Waals surface area contributed by atoms with Crippen LogP contribution in [0.25, 0.3) is 0 Å². The Labute approximate surface area is 146 Å². The molecule has 0 aromatic carbocycles. The molecule has 0 aromatic heterocycles. The van der Waals surface area contributed by atoms with Gasteiger partial charge in [0.05, 0.1) is 0 Å². The molecule has 0 amide bonds. The van der Waals surface area contributed by atoms with Gasteiger partial charge in [-0.3, -0.25) is 0 Å². The zero-order valence-electron chi connectivity index (χ0n) is 15.5. The predicted octanol–water partition coefficient (Wildman–Crippen LogP) is 4.06. The van der Waals surface area contributed by atoms with Gasteiger partial charge in [-0.15, -0.1) is 0 Å². The first-order valence-corrected chi connectivity index (χ1v) is 10.4. The largest absolute Gasteiger partial charge is 0.344 e. The molecule has 7 atom stereocenters. The summed E-state index contributed by atoms with van der Waals surface area (Å²) in [5.74, 6) is 1.15. The Hall–Kier alpha value is -0.120. The minimum absolute atomic E-state index is 0.122. The fraction of sp³-hybridized carbons (Fsp3) is 1.00. The Morgan fingerprint density at radius 1 is 0.792 bits per heavy atom. The van der Waals surface area contributed by atoms with Crippen LogP contribution in [0.15, 0.2) is 0 Å². The van der Waals surface area contributed by atoms with Gasteiger partial charge in [0.25, 0.3) is 5.97 Å². The molecule has 4 saturated carbocycles. The third kappa shape index (κ3) is 2.57. The van der Waals surface area contributed by atoms with Gasteiger partial charge in [-0.2, -0.15) is 0 Å². The molecule has 4 fully saturated rings. The lowest BCUT2D eigenvalue weighted by Crippen LogP contribution is -2.53. The summed E-state index contributed by atoms with van der Waals surface area (Å²) in [7, 11) is 0. The lowest BCUT2D eigenvalue weighted by Gasteiger charge is -2.60. The van der Waals surface area contributed by atoms with Crippen molar-refractivity contribution in [3.63, 3.8) is 0 Å². The average molecular weight is 337 g/mol. The lowest BCUT2D eigenvalue weighted by molar-refractivity contribution is -0.323. The van der Waals surface area contributed by atoms with E-state index in [1.807, 2.05) is 0 Å². The molecule has 0 spiro atoms. The van der Waals surface area contributed by atoms with Crippen molar-refractivity contribution in [2.45, 2.75) is 90.4 Å². The Balaban J connectivity index is 1.57. The molecular formula is C21H36O3. The van der Waals surface area contributed by atoms with Crippen LogP contribution in [0.3, 0.4) is 0 Å². The maximum atomic E-state index is 9.52. The third-order valence-corrected chi connectivity index (χ3v) is 9.30. The summed E-state index contributed by atoms with van der Waals surface area (Å²) < 4.78 is 0. The summed E-state index contributed by atoms with van der Waals surface area (Å²) in [6.45, 7) is 4.98. The van der Waals surface area contributed by atoms with E-state index in [0.29, 0.717) is 5.41 Å². The summed E-state index contributed by atoms with van der Waals surface area (Å²) in [6, 6.07) is 0. The van der Waals surface area contributed by atoms with Crippen LogP contribution < -0.4 is 0 Å². The van der Waals surface area contributed by atoms with Crippen molar-refractivity contribution < 1.29 is 15.3 Å². The van der Waals surface area contributed by atoms with Gasteiger partial charge in [0, 0.05) is 6.42 Å². The average Bonchev–Trinajstić information content (AvgIpc) is 2.82. The molecule has 1 unspecified atom stereocenters. The van der Waals surface area contributed by atoms with Crippen LogP contribution in [0.2, 0.25) is 0 Å². The van der Waals surface area contributed by atoms with Gasteiger partial charge < -0.3 is 15.3 Å². The maximum Gasteiger partial charge on any atom is 0.275 e. The van der Waals surface area contributed by atoms with Gasteiger partial charge in [-0.1, -0.05) is 26.7 Å². The number of aliphatic hydroxyl groups is 3. The van der Waals surface area contributed by atoms with E-state index in [1.54, 1.807) is 0 Å². The second-order valence-corrected chi connectivity index (χ2v) is 10.2. The first-order chi connectivity index (χ1) is 11.2. The highest BCUT2D eigenvalue weighted by Gasteiger charge is 2.60. The molecule has 4 aliphatic carbocycles. The Morgan fingerprint density at radius 2 is 1.54 bits per heavy atom. The van der Waals surface area contributed by atoms with Gasteiger partial charge >= 0.3 is 0 Å². The highest BCUT2D eigenvalue weighted by Crippen LogP contribution is 2.67. The number of fused-ring (bicyclic) bond motifs is 5. The van der Waals surface area contributed by atoms with Crippen molar-refractivity contribution in [3.05, 3.63) is 0 Å². The zero-order valence-corrected chi connectivity index (χ0v) is 15.5. The molecule has 4 rings (SSSR count). The third-order valence-electron chi connectivity index (χ3n) is 9.30. The molecular weight excluding hydrogens is 300 g/mol. The van der Waals surface area contributed by atoms with Crippen molar-refractivity contribution in [2.24, 2.45) is 40.4 Å². The quantitative estimate of drug-likeness (QED) is 0.667. The highest BCUT2D eigenvalue weighted by atomic mass is 16.7. The monoisotopic (exact) mass is 336 g/mol. The van der Waals surface area contributed by atoms with E-state index in [-0.39, 0.29) is 17.8 Å². The molecule has 0 heterocycles. The van der Waals surface area contributed by atoms with Crippen LogP contribution in [-0.2, 0) is 0 Å². The van der Waals surface area contributed by atoms with E-state index in [1.165, 1.54) is 57.8 Å². The molecule has 3 nitrogen and oxygen atoms in total. The molecule has 0 bridgehead atoms. The maximum absolute atomic E-state index is 9.52. The second-order valence-electron chi connectivity index (χ2n) is 10.2. The summed E-state index contributed by atoms with van der Waals surface area (Å²) >= 11 is 0. The van der Waals surface area contributed by atoms with Crippen molar-refractivity contribution in [1.82, 2.24) is 0 Å². The topological polar surface area (TPSA) is 60.7 Å². The zero-order chi connectivity index (χ0) is 17.2. The van der Waals surface area contributed by atoms with Gasteiger partial charge in [0.2, 0.25) is 0 Å². The molecule has 0 radical (unpaired) electrons. The first-order valence-electron chi connectivity index (χ1n) is 10.4. The summed E-state index contributed by atoms with van der Waals surface area (Å²) in [6.07, 6.45) is 13.5. The van der Waals surface area contributed by atoms with Crippen molar-refractivity contribution in [2.75, 3.05) is 0 Å². The molecule has 0 aromatic rings. The normalized spacial score (nSPS) is 51.6. The molecule has 0 saturated heterocycles. The Kier molecular flexibility index (Phi) is 4.10. The van der Waals surface area contributed by atoms with Gasteiger partial charge in [-0.05, 0) is 91.8 Å². The summed E-state index contributed by atoms with van der Waals surface area (Å²) in [4.78, 5) is 0. The Morgan fingerprint density at radius 3 is 2.29 bits per heavy atom. The van der Waals surface area contributed by atoms with E-state index < -0.39 is 5.97 Å². The van der Waals surface area contributed by atoms with Crippen LogP contribution >= 0.6 is 0 Å². The molecule has 3 heteroatoms. The SMILES string of the molecule is C[C@]12CC[C@H]3[C@@H](CCC4CCCC[C@@]43C)[C@@H]1CC[C@@H]2CC(O)(O)O. The van der Waals surface area contributed by atoms with Gasteiger partial charge in [0.15, 0.2) is 0 Å². The number of hydrogen-bond acceptors (Lipinski definition) is 3. The molecule has 24 heavy (non-hydrogen) atoms. The van der Waals surface area contributed by atoms with E-state index >= 15 is 0 Å². The van der Waals surface area contributed by atoms with E-state index in [9.17, 15) is 15.3 Å². The standard InChI is InChI=1S/C21H36O3/c1-19-11-4-3-5-14(19)6-8-16-17-9-7-15(13-21(22,23)24)20(17,2)12-10-18(16)19/h14-18,22-24H,3-13H2,1-2H3/t14?,15-,16+,17+,18+,19+,20-/m1/s1. The predicted molar refractivity (Wildman–Crippen MR) is 93.8 cm³/mol. The van der Waals surface area contributed by atoms with Crippen LogP contribution in [0.4, 0.5) is 0 Å². The van der Waals surface area contributed by atoms with E-state index in [2.05, 4.69) is 13.8 Å². The summed E-state index contributed by atoms with van der Waals surface area (Å²) in [5, 5.41) is 28.6. The van der Waals surface area contributed by atoms with Crippen LogP contribution in [0.1, 0.15) is 84.5 Å². The van der Waals surface area contributed by atoms with Crippen molar-refractivity contribution >= 4 is 0 Å². The minimum Gasteiger partial charge on any atom is -0.344 e. The first kappa shape index (κ1) is 17.3. The van der Waals surface area contributed by atoms with E-state index in [0.717, 1.165) is 30.1 Å². The molecule has 3 N–H and O–H groups in total. The fourth-order valence-electron chi connectivity index (χ4n) is 8.07. The minimum atomic E-state index is -2.49. The molecule has 4 aliphatic rings. The van der Waals surface area contributed by atoms with Gasteiger partial charge in [0.1, 0.15) is 0 Å². The number of hydrogen-bond donors (Lipinski definition) is 3. The second kappa shape index (κ2) is 5.69. The van der Waals surface area contributed by atoms with Crippen LogP contribution in [0, 0.1) is 40.4 Å². The summed E-state index contributed by atoms with van der Waals surface area (Å²) in [5.41, 5.74) is 0.758. The lowest BCUT2D eigenvalue weighted by atomic mass is 9.45. The Bertz CT molecular complexity index is 484. The number of rotatable bonds is 2. The molecule has 138 valence electrons. The fourth-order valence-corrected chi connectivity index (χ4v) is 8.07. The van der Waals surface area contributed by atoms with Gasteiger partial charge in [-0.25, -0.2) is 0 Å². The van der Waals surface area contributed by atoms with Crippen molar-refractivity contribution in [1.29, 1.82) is 0 Å². The smallest absolute Gasteiger partial charge is 0.275 e. The van der Waals surface area contributed by atoms with Crippen molar-refractivity contribution in [3.8, 4) is 0 Å². The molecule has 0 aliphatic heterocycles.